The Morgan fingerprint density at radius 2 is 1.79 bits per heavy atom. The number of hydrogen-bond acceptors (Lipinski definition) is 3. The third-order valence-electron chi connectivity index (χ3n) is 4.58. The summed E-state index contributed by atoms with van der Waals surface area (Å²) in [5.41, 5.74) is 2.48. The van der Waals surface area contributed by atoms with E-state index in [1.165, 1.54) is 0 Å². The summed E-state index contributed by atoms with van der Waals surface area (Å²) < 4.78 is 1.89. The van der Waals surface area contributed by atoms with E-state index in [0.717, 1.165) is 17.0 Å². The topological polar surface area (TPSA) is 76.0 Å². The summed E-state index contributed by atoms with van der Waals surface area (Å²) in [5, 5.41) is 5.84. The first kappa shape index (κ1) is 19.4. The number of carbonyl (C=O) groups excluding carboxylic acids is 2. The van der Waals surface area contributed by atoms with Crippen LogP contribution in [0, 0.1) is 6.92 Å². The quantitative estimate of drug-likeness (QED) is 0.666. The first-order valence-electron chi connectivity index (χ1n) is 9.21. The van der Waals surface area contributed by atoms with Crippen LogP contribution in [0.3, 0.4) is 0 Å². The van der Waals surface area contributed by atoms with Crippen molar-refractivity contribution in [2.24, 2.45) is 7.05 Å². The molecule has 0 saturated carbocycles. The van der Waals surface area contributed by atoms with Gasteiger partial charge in [-0.25, -0.2) is 4.98 Å². The fraction of sp³-hybridized carbons (Fsp3) is 0.227. The van der Waals surface area contributed by atoms with Gasteiger partial charge in [-0.1, -0.05) is 48.5 Å². The zero-order valence-corrected chi connectivity index (χ0v) is 16.1. The van der Waals surface area contributed by atoms with Crippen molar-refractivity contribution >= 4 is 11.8 Å². The van der Waals surface area contributed by atoms with Crippen LogP contribution in [0.5, 0.6) is 0 Å². The van der Waals surface area contributed by atoms with Gasteiger partial charge in [0, 0.05) is 38.0 Å². The van der Waals surface area contributed by atoms with Crippen molar-refractivity contribution in [2.75, 3.05) is 6.54 Å². The second kappa shape index (κ2) is 8.99. The fourth-order valence-corrected chi connectivity index (χ4v) is 3.04. The van der Waals surface area contributed by atoms with Crippen LogP contribution in [0.25, 0.3) is 0 Å². The van der Waals surface area contributed by atoms with Crippen molar-refractivity contribution < 1.29 is 9.59 Å². The summed E-state index contributed by atoms with van der Waals surface area (Å²) in [6.45, 7) is 2.15. The van der Waals surface area contributed by atoms with Crippen LogP contribution in [-0.4, -0.2) is 27.9 Å². The van der Waals surface area contributed by atoms with E-state index in [0.29, 0.717) is 5.56 Å². The second-order valence-corrected chi connectivity index (χ2v) is 6.63. The molecule has 0 bridgehead atoms. The molecule has 0 radical (unpaired) electrons. The SMILES string of the molecule is Cc1ccccc1C(=O)NCCC(=O)NC(c1ccccc1)c1nccn1C. The number of carbonyl (C=O) groups is 2. The Morgan fingerprint density at radius 1 is 1.07 bits per heavy atom. The predicted molar refractivity (Wildman–Crippen MR) is 108 cm³/mol. The van der Waals surface area contributed by atoms with E-state index in [1.807, 2.05) is 73.3 Å². The monoisotopic (exact) mass is 376 g/mol. The number of aryl methyl sites for hydroxylation is 2. The van der Waals surface area contributed by atoms with Gasteiger partial charge >= 0.3 is 0 Å². The molecule has 2 amide bonds. The highest BCUT2D eigenvalue weighted by atomic mass is 16.2. The highest BCUT2D eigenvalue weighted by Gasteiger charge is 2.20. The number of rotatable bonds is 7. The van der Waals surface area contributed by atoms with Gasteiger partial charge in [0.15, 0.2) is 0 Å². The zero-order chi connectivity index (χ0) is 19.9. The zero-order valence-electron chi connectivity index (χ0n) is 16.1. The van der Waals surface area contributed by atoms with Crippen LogP contribution in [0.4, 0.5) is 0 Å². The Hall–Kier alpha value is -3.41. The van der Waals surface area contributed by atoms with E-state index in [2.05, 4.69) is 15.6 Å². The lowest BCUT2D eigenvalue weighted by atomic mass is 10.1. The molecule has 1 aromatic heterocycles. The Labute approximate surface area is 164 Å². The van der Waals surface area contributed by atoms with Gasteiger partial charge in [-0.2, -0.15) is 0 Å². The lowest BCUT2D eigenvalue weighted by Crippen LogP contribution is -2.34. The van der Waals surface area contributed by atoms with Crippen molar-refractivity contribution in [3.63, 3.8) is 0 Å². The van der Waals surface area contributed by atoms with Crippen LogP contribution in [-0.2, 0) is 11.8 Å². The number of nitrogens with one attached hydrogen (secondary N) is 2. The summed E-state index contributed by atoms with van der Waals surface area (Å²) in [6, 6.07) is 16.7. The molecular weight excluding hydrogens is 352 g/mol. The van der Waals surface area contributed by atoms with E-state index >= 15 is 0 Å². The lowest BCUT2D eigenvalue weighted by molar-refractivity contribution is -0.121. The van der Waals surface area contributed by atoms with Crippen molar-refractivity contribution in [3.05, 3.63) is 89.5 Å². The largest absolute Gasteiger partial charge is 0.352 e. The molecule has 3 aromatic rings. The fourth-order valence-electron chi connectivity index (χ4n) is 3.04. The van der Waals surface area contributed by atoms with Gasteiger partial charge in [-0.3, -0.25) is 9.59 Å². The first-order valence-corrected chi connectivity index (χ1v) is 9.21. The Morgan fingerprint density at radius 3 is 2.46 bits per heavy atom. The summed E-state index contributed by atoms with van der Waals surface area (Å²) in [6.07, 6.45) is 3.74. The third-order valence-corrected chi connectivity index (χ3v) is 4.58. The molecule has 0 saturated heterocycles. The number of amides is 2. The summed E-state index contributed by atoms with van der Waals surface area (Å²) in [5.74, 6) is 0.431. The number of aromatic nitrogens is 2. The maximum Gasteiger partial charge on any atom is 0.251 e. The summed E-state index contributed by atoms with van der Waals surface area (Å²) in [4.78, 5) is 29.2. The van der Waals surface area contributed by atoms with E-state index in [4.69, 9.17) is 0 Å². The lowest BCUT2D eigenvalue weighted by Gasteiger charge is -2.19. The predicted octanol–water partition coefficient (Wildman–Crippen LogP) is 2.75. The van der Waals surface area contributed by atoms with Crippen molar-refractivity contribution in [2.45, 2.75) is 19.4 Å². The Kier molecular flexibility index (Phi) is 6.22. The van der Waals surface area contributed by atoms with Gasteiger partial charge < -0.3 is 15.2 Å². The third kappa shape index (κ3) is 4.65. The second-order valence-electron chi connectivity index (χ2n) is 6.63. The van der Waals surface area contributed by atoms with Gasteiger partial charge in [-0.15, -0.1) is 0 Å². The molecule has 2 N–H and O–H groups in total. The molecule has 0 fully saturated rings. The van der Waals surface area contributed by atoms with Crippen molar-refractivity contribution in [3.8, 4) is 0 Å². The van der Waals surface area contributed by atoms with Gasteiger partial charge in [-0.05, 0) is 24.1 Å². The normalized spacial score (nSPS) is 11.6. The van der Waals surface area contributed by atoms with E-state index < -0.39 is 0 Å². The molecule has 2 aromatic carbocycles. The van der Waals surface area contributed by atoms with Gasteiger partial charge in [0.05, 0.1) is 0 Å². The molecule has 0 aliphatic rings. The van der Waals surface area contributed by atoms with E-state index in [9.17, 15) is 9.59 Å². The molecule has 6 heteroatoms. The number of benzene rings is 2. The van der Waals surface area contributed by atoms with Gasteiger partial charge in [0.2, 0.25) is 5.91 Å². The molecule has 28 heavy (non-hydrogen) atoms. The van der Waals surface area contributed by atoms with Crippen LogP contribution in [0.2, 0.25) is 0 Å². The maximum absolute atomic E-state index is 12.5. The molecule has 144 valence electrons. The molecule has 0 aliphatic heterocycles. The van der Waals surface area contributed by atoms with Crippen molar-refractivity contribution in [1.29, 1.82) is 0 Å². The molecular formula is C22H24N4O2. The first-order chi connectivity index (χ1) is 13.6. The van der Waals surface area contributed by atoms with Crippen LogP contribution in [0.1, 0.15) is 39.8 Å². The maximum atomic E-state index is 12.5. The van der Waals surface area contributed by atoms with Crippen LogP contribution >= 0.6 is 0 Å². The number of hydrogen-bond donors (Lipinski definition) is 2. The van der Waals surface area contributed by atoms with Crippen LogP contribution in [0.15, 0.2) is 67.0 Å². The van der Waals surface area contributed by atoms with Crippen LogP contribution < -0.4 is 10.6 Å². The minimum absolute atomic E-state index is 0.151. The molecule has 1 unspecified atom stereocenters. The molecule has 0 aliphatic carbocycles. The smallest absolute Gasteiger partial charge is 0.251 e. The summed E-state index contributed by atoms with van der Waals surface area (Å²) in [7, 11) is 1.90. The van der Waals surface area contributed by atoms with E-state index in [1.54, 1.807) is 12.3 Å². The molecule has 3 rings (SSSR count). The number of nitrogens with zero attached hydrogens (tertiary/aromatic N) is 2. The van der Waals surface area contributed by atoms with Gasteiger partial charge in [0.25, 0.3) is 5.91 Å². The molecule has 0 spiro atoms. The molecule has 1 heterocycles. The highest BCUT2D eigenvalue weighted by molar-refractivity contribution is 5.95. The average molecular weight is 376 g/mol. The Balaban J connectivity index is 1.61. The minimum atomic E-state index is -0.347. The van der Waals surface area contributed by atoms with Gasteiger partial charge in [0.1, 0.15) is 11.9 Å². The van der Waals surface area contributed by atoms with Crippen molar-refractivity contribution in [1.82, 2.24) is 20.2 Å². The average Bonchev–Trinajstić information content (AvgIpc) is 3.12. The number of imidazole rings is 1. The Bertz CT molecular complexity index is 950. The molecule has 1 atom stereocenters. The highest BCUT2D eigenvalue weighted by Crippen LogP contribution is 2.20. The van der Waals surface area contributed by atoms with E-state index in [-0.39, 0.29) is 30.8 Å². The summed E-state index contributed by atoms with van der Waals surface area (Å²) >= 11 is 0. The minimum Gasteiger partial charge on any atom is -0.352 e. The molecule has 6 nitrogen and oxygen atoms in total. The standard InChI is InChI=1S/C22H24N4O2/c1-16-8-6-7-11-18(16)22(28)24-13-12-19(27)25-20(17-9-4-3-5-10-17)21-23-14-15-26(21)2/h3-11,14-15,20H,12-13H2,1-2H3,(H,24,28)(H,25,27).